The van der Waals surface area contributed by atoms with Crippen molar-refractivity contribution in [3.63, 3.8) is 0 Å². The van der Waals surface area contributed by atoms with E-state index in [9.17, 15) is 0 Å². The van der Waals surface area contributed by atoms with E-state index in [4.69, 9.17) is 13.3 Å². The van der Waals surface area contributed by atoms with Crippen LogP contribution in [0.2, 0.25) is 0 Å². The normalized spacial score (nSPS) is 6.29. The van der Waals surface area contributed by atoms with Crippen molar-refractivity contribution in [3.05, 3.63) is 11.8 Å². The molecule has 0 radical (unpaired) electrons. The van der Waals surface area contributed by atoms with Crippen molar-refractivity contribution in [2.24, 2.45) is 0 Å². The van der Waals surface area contributed by atoms with Crippen LogP contribution in [0.1, 0.15) is 41.5 Å². The molecule has 0 aliphatic carbocycles. The molecule has 14 heavy (non-hydrogen) atoms. The third kappa shape index (κ3) is 4320. The second kappa shape index (κ2) is 29.2. The zero-order chi connectivity index (χ0) is 12.6. The van der Waals surface area contributed by atoms with E-state index in [0.717, 1.165) is 0 Å². The van der Waals surface area contributed by atoms with Gasteiger partial charge in [-0.2, -0.15) is 41.5 Å². The molecule has 0 spiro atoms. The Labute approximate surface area is 104 Å². The van der Waals surface area contributed by atoms with Crippen molar-refractivity contribution in [1.29, 1.82) is 0 Å². The molecule has 0 fully saturated rings. The molecule has 0 heterocycles. The van der Waals surface area contributed by atoms with Crippen LogP contribution in [-0.4, -0.2) is 0 Å². The van der Waals surface area contributed by atoms with E-state index in [1.54, 1.807) is 0 Å². The SMILES string of the molecule is C[C-](C)C.C[C-](C)C.[O]=[Ti]=[O].[O]=[Ti]=[O]. The van der Waals surface area contributed by atoms with Crippen LogP contribution in [0, 0.1) is 11.8 Å². The van der Waals surface area contributed by atoms with Crippen LogP contribution in [-0.2, 0) is 51.5 Å². The van der Waals surface area contributed by atoms with Crippen molar-refractivity contribution >= 4 is 0 Å². The van der Waals surface area contributed by atoms with E-state index in [-0.39, 0.29) is 0 Å². The third-order valence-corrected chi connectivity index (χ3v) is 0. The molecule has 0 saturated heterocycles. The Morgan fingerprint density at radius 2 is 0.571 bits per heavy atom. The standard InChI is InChI=1S/2C4H9.4O.2Ti/c2*1-4(2)3;;;;;;/h2*1-3H3;;;;;;/q2*-1;;;;;;. The first kappa shape index (κ1) is 24.1. The zero-order valence-corrected chi connectivity index (χ0v) is 12.8. The molecule has 0 bridgehead atoms. The van der Waals surface area contributed by atoms with Gasteiger partial charge in [-0.05, 0) is 0 Å². The molecule has 0 amide bonds. The Morgan fingerprint density at radius 3 is 0.571 bits per heavy atom. The van der Waals surface area contributed by atoms with E-state index in [1.165, 1.54) is 11.8 Å². The third-order valence-electron chi connectivity index (χ3n) is 0. The van der Waals surface area contributed by atoms with E-state index in [0.29, 0.717) is 0 Å². The summed E-state index contributed by atoms with van der Waals surface area (Å²) < 4.78 is 34.0. The van der Waals surface area contributed by atoms with Gasteiger partial charge in [0.25, 0.3) is 0 Å². The molecule has 0 saturated carbocycles. The van der Waals surface area contributed by atoms with Crippen molar-refractivity contribution in [3.8, 4) is 0 Å². The molecule has 4 nitrogen and oxygen atoms in total. The summed E-state index contributed by atoms with van der Waals surface area (Å²) >= 11 is -4.00. The summed E-state index contributed by atoms with van der Waals surface area (Å²) in [6.45, 7) is 12.5. The first-order valence-corrected chi connectivity index (χ1v) is 6.37. The predicted octanol–water partition coefficient (Wildman–Crippen LogP) is 2.76. The van der Waals surface area contributed by atoms with Crippen molar-refractivity contribution < 1.29 is 51.5 Å². The molecule has 0 unspecified atom stereocenters. The van der Waals surface area contributed by atoms with E-state index in [2.05, 4.69) is 41.5 Å². The van der Waals surface area contributed by atoms with E-state index < -0.39 is 38.2 Å². The first-order valence-electron chi connectivity index (χ1n) is 3.82. The molecule has 0 aromatic rings. The molecule has 6 heteroatoms. The molecule has 0 rings (SSSR count). The average molecular weight is 274 g/mol. The fraction of sp³-hybridized carbons (Fsp3) is 0.750. The van der Waals surface area contributed by atoms with Gasteiger partial charge in [-0.25, -0.2) is 0 Å². The number of rotatable bonds is 0. The van der Waals surface area contributed by atoms with Gasteiger partial charge < -0.3 is 11.8 Å². The minimum absolute atomic E-state index is 1.42. The summed E-state index contributed by atoms with van der Waals surface area (Å²) in [6.07, 6.45) is 0. The fourth-order valence-electron chi connectivity index (χ4n) is 0. The Balaban J connectivity index is -0.0000000482. The van der Waals surface area contributed by atoms with Gasteiger partial charge in [0, 0.05) is 0 Å². The quantitative estimate of drug-likeness (QED) is 0.503. The molecule has 0 N–H and O–H groups in total. The monoisotopic (exact) mass is 274 g/mol. The van der Waals surface area contributed by atoms with E-state index >= 15 is 0 Å². The van der Waals surface area contributed by atoms with Crippen molar-refractivity contribution in [1.82, 2.24) is 0 Å². The van der Waals surface area contributed by atoms with Crippen LogP contribution in [0.4, 0.5) is 0 Å². The van der Waals surface area contributed by atoms with Crippen LogP contribution >= 0.6 is 0 Å². The first-order chi connectivity index (χ1) is 6.29. The van der Waals surface area contributed by atoms with Gasteiger partial charge in [0.2, 0.25) is 0 Å². The van der Waals surface area contributed by atoms with Gasteiger partial charge in [0.15, 0.2) is 0 Å². The molecule has 0 aromatic carbocycles. The summed E-state index contributed by atoms with van der Waals surface area (Å²) in [7, 11) is 0. The van der Waals surface area contributed by atoms with Crippen LogP contribution in [0.25, 0.3) is 0 Å². The maximum absolute atomic E-state index is 8.50. The van der Waals surface area contributed by atoms with Gasteiger partial charge in [0.05, 0.1) is 0 Å². The molecular formula is C8H18O4Ti2-2. The molecule has 84 valence electrons. The van der Waals surface area contributed by atoms with Crippen LogP contribution in [0.5, 0.6) is 0 Å². The maximum atomic E-state index is 8.50. The van der Waals surface area contributed by atoms with Gasteiger partial charge in [-0.15, -0.1) is 0 Å². The van der Waals surface area contributed by atoms with Crippen LogP contribution in [0.3, 0.4) is 0 Å². The van der Waals surface area contributed by atoms with Gasteiger partial charge in [-0.3, -0.25) is 0 Å². The number of hydrogen-bond donors (Lipinski definition) is 0. The molecule has 0 atom stereocenters. The van der Waals surface area contributed by atoms with Gasteiger partial charge >= 0.3 is 51.5 Å². The van der Waals surface area contributed by atoms with E-state index in [1.807, 2.05) is 0 Å². The Hall–Kier alpha value is 0.629. The average Bonchev–Trinajstić information content (AvgIpc) is 1.85. The van der Waals surface area contributed by atoms with Gasteiger partial charge in [-0.1, -0.05) is 0 Å². The molecule has 0 aromatic heterocycles. The van der Waals surface area contributed by atoms with Crippen molar-refractivity contribution in [2.45, 2.75) is 41.5 Å². The molecule has 0 aliphatic rings. The minimum atomic E-state index is -2.00. The molecular weight excluding hydrogens is 256 g/mol. The number of hydrogen-bond acceptors (Lipinski definition) is 4. The predicted molar refractivity (Wildman–Crippen MR) is 43.3 cm³/mol. The zero-order valence-electron chi connectivity index (χ0n) is 9.63. The van der Waals surface area contributed by atoms with Crippen LogP contribution < -0.4 is 0 Å². The summed E-state index contributed by atoms with van der Waals surface area (Å²) in [5.74, 6) is 2.83. The Kier molecular flexibility index (Phi) is 50.2. The summed E-state index contributed by atoms with van der Waals surface area (Å²) in [5.41, 5.74) is 0. The Bertz CT molecular complexity index is 122. The van der Waals surface area contributed by atoms with Crippen molar-refractivity contribution in [2.75, 3.05) is 0 Å². The second-order valence-corrected chi connectivity index (χ2v) is 3.69. The summed E-state index contributed by atoms with van der Waals surface area (Å²) in [4.78, 5) is 0. The summed E-state index contributed by atoms with van der Waals surface area (Å²) in [5, 5.41) is 0. The fourth-order valence-corrected chi connectivity index (χ4v) is 0. The summed E-state index contributed by atoms with van der Waals surface area (Å²) in [6, 6.07) is 0. The second-order valence-electron chi connectivity index (χ2n) is 3.17. The van der Waals surface area contributed by atoms with Gasteiger partial charge in [0.1, 0.15) is 0 Å². The molecule has 0 aliphatic heterocycles. The topological polar surface area (TPSA) is 68.3 Å². The van der Waals surface area contributed by atoms with Crippen LogP contribution in [0.15, 0.2) is 0 Å². The Morgan fingerprint density at radius 1 is 0.571 bits per heavy atom.